The van der Waals surface area contributed by atoms with Crippen LogP contribution in [0.4, 0.5) is 4.79 Å². The number of hydrogen-bond donors (Lipinski definition) is 3. The zero-order chi connectivity index (χ0) is 17.6. The lowest BCUT2D eigenvalue weighted by Gasteiger charge is -2.24. The molecule has 0 aromatic carbocycles. The molecule has 1 unspecified atom stereocenters. The summed E-state index contributed by atoms with van der Waals surface area (Å²) in [6, 6.07) is -0.929. The van der Waals surface area contributed by atoms with Gasteiger partial charge < -0.3 is 25.2 Å². The Hall–Kier alpha value is -1.83. The van der Waals surface area contributed by atoms with Gasteiger partial charge in [-0.05, 0) is 40.0 Å². The van der Waals surface area contributed by atoms with Gasteiger partial charge in [-0.1, -0.05) is 0 Å². The van der Waals surface area contributed by atoms with Crippen LogP contribution in [0.25, 0.3) is 0 Å². The van der Waals surface area contributed by atoms with E-state index in [9.17, 15) is 24.6 Å². The molecule has 8 nitrogen and oxygen atoms in total. The number of unbranched alkanes of at least 4 members (excludes halogenated alkanes) is 1. The van der Waals surface area contributed by atoms with Gasteiger partial charge in [-0.25, -0.2) is 9.59 Å². The van der Waals surface area contributed by atoms with E-state index in [4.69, 9.17) is 4.74 Å². The summed E-state index contributed by atoms with van der Waals surface area (Å²) in [5.74, 6) is -1.41. The number of amides is 2. The standard InChI is InChI=1S/C15H26N2O6/c1-15(2,3)23-14(22)16-7-5-4-6-11(13(20)21)17-9-10(18)8-12(17)19/h10-11,18H,4-9H2,1-3H3,(H,16,22)(H,20,21)/t10?,11-/m0/s1. The summed E-state index contributed by atoms with van der Waals surface area (Å²) in [6.45, 7) is 5.74. The zero-order valence-electron chi connectivity index (χ0n) is 13.9. The molecule has 1 aliphatic heterocycles. The minimum atomic E-state index is -1.08. The van der Waals surface area contributed by atoms with Crippen molar-refractivity contribution in [3.05, 3.63) is 0 Å². The Kier molecular flexibility index (Phi) is 6.80. The summed E-state index contributed by atoms with van der Waals surface area (Å²) < 4.78 is 5.09. The van der Waals surface area contributed by atoms with E-state index in [1.54, 1.807) is 20.8 Å². The Labute approximate surface area is 135 Å². The Morgan fingerprint density at radius 2 is 2.04 bits per heavy atom. The van der Waals surface area contributed by atoms with E-state index >= 15 is 0 Å². The highest BCUT2D eigenvalue weighted by Crippen LogP contribution is 2.18. The van der Waals surface area contributed by atoms with Crippen LogP contribution in [0.3, 0.4) is 0 Å². The van der Waals surface area contributed by atoms with Crippen LogP contribution >= 0.6 is 0 Å². The number of β-amino-alcohol motifs (C(OH)–C–C–N with tert-alkyl or cyclic N) is 1. The predicted octanol–water partition coefficient (Wildman–Crippen LogP) is 0.728. The van der Waals surface area contributed by atoms with Gasteiger partial charge in [0.05, 0.1) is 12.5 Å². The summed E-state index contributed by atoms with van der Waals surface area (Å²) in [6.07, 6.45) is 0.0666. The molecule has 0 saturated carbocycles. The summed E-state index contributed by atoms with van der Waals surface area (Å²) in [7, 11) is 0. The zero-order valence-corrected chi connectivity index (χ0v) is 13.9. The SMILES string of the molecule is CC(C)(C)OC(=O)NCCCC[C@@H](C(=O)O)N1CC(O)CC1=O. The second-order valence-electron chi connectivity index (χ2n) is 6.68. The fourth-order valence-corrected chi connectivity index (χ4v) is 2.39. The molecule has 2 atom stereocenters. The van der Waals surface area contributed by atoms with Crippen LogP contribution in [0, 0.1) is 0 Å². The maximum Gasteiger partial charge on any atom is 0.407 e. The number of aliphatic hydroxyl groups is 1. The monoisotopic (exact) mass is 330 g/mol. The molecule has 1 aliphatic rings. The van der Waals surface area contributed by atoms with Gasteiger partial charge in [-0.2, -0.15) is 0 Å². The summed E-state index contributed by atoms with van der Waals surface area (Å²) in [5.41, 5.74) is -0.560. The van der Waals surface area contributed by atoms with Crippen molar-refractivity contribution in [2.75, 3.05) is 13.1 Å². The summed E-state index contributed by atoms with van der Waals surface area (Å²) in [4.78, 5) is 35.6. The normalized spacial score (nSPS) is 19.6. The fourth-order valence-electron chi connectivity index (χ4n) is 2.39. The highest BCUT2D eigenvalue weighted by atomic mass is 16.6. The number of aliphatic carboxylic acids is 1. The lowest BCUT2D eigenvalue weighted by Crippen LogP contribution is -2.42. The molecule has 23 heavy (non-hydrogen) atoms. The molecule has 0 aromatic rings. The summed E-state index contributed by atoms with van der Waals surface area (Å²) in [5, 5.41) is 21.3. The van der Waals surface area contributed by atoms with Gasteiger partial charge in [-0.15, -0.1) is 0 Å². The smallest absolute Gasteiger partial charge is 0.407 e. The van der Waals surface area contributed by atoms with Gasteiger partial charge in [-0.3, -0.25) is 4.79 Å². The Morgan fingerprint density at radius 1 is 1.39 bits per heavy atom. The van der Waals surface area contributed by atoms with Gasteiger partial charge >= 0.3 is 12.1 Å². The number of carboxylic acid groups (broad SMARTS) is 1. The van der Waals surface area contributed by atoms with Crippen molar-refractivity contribution >= 4 is 18.0 Å². The molecule has 8 heteroatoms. The van der Waals surface area contributed by atoms with E-state index in [0.29, 0.717) is 19.4 Å². The second-order valence-corrected chi connectivity index (χ2v) is 6.68. The molecule has 1 rings (SSSR count). The van der Waals surface area contributed by atoms with Gasteiger partial charge in [0.25, 0.3) is 0 Å². The van der Waals surface area contributed by atoms with Crippen molar-refractivity contribution in [2.45, 2.75) is 64.2 Å². The first-order valence-electron chi connectivity index (χ1n) is 7.77. The molecule has 2 amide bonds. The number of carbonyl (C=O) groups is 3. The van der Waals surface area contributed by atoms with Gasteiger partial charge in [0, 0.05) is 13.1 Å². The molecule has 0 spiro atoms. The molecule has 1 fully saturated rings. The largest absolute Gasteiger partial charge is 0.480 e. The number of nitrogens with one attached hydrogen (secondary N) is 1. The number of carbonyl (C=O) groups excluding carboxylic acids is 2. The van der Waals surface area contributed by atoms with Crippen molar-refractivity contribution in [1.29, 1.82) is 0 Å². The predicted molar refractivity (Wildman–Crippen MR) is 81.8 cm³/mol. The van der Waals surface area contributed by atoms with E-state index < -0.39 is 29.8 Å². The highest BCUT2D eigenvalue weighted by Gasteiger charge is 2.36. The van der Waals surface area contributed by atoms with Gasteiger partial charge in [0.1, 0.15) is 11.6 Å². The highest BCUT2D eigenvalue weighted by molar-refractivity contribution is 5.85. The number of aliphatic hydroxyl groups excluding tert-OH is 1. The maximum absolute atomic E-state index is 11.7. The number of hydrogen-bond acceptors (Lipinski definition) is 5. The fraction of sp³-hybridized carbons (Fsp3) is 0.800. The van der Waals surface area contributed by atoms with Crippen LogP contribution in [0.2, 0.25) is 0 Å². The van der Waals surface area contributed by atoms with E-state index in [1.165, 1.54) is 4.90 Å². The number of carboxylic acids is 1. The van der Waals surface area contributed by atoms with Crippen LogP contribution in [0.5, 0.6) is 0 Å². The van der Waals surface area contributed by atoms with E-state index in [1.807, 2.05) is 0 Å². The van der Waals surface area contributed by atoms with Crippen LogP contribution < -0.4 is 5.32 Å². The number of nitrogens with zero attached hydrogens (tertiary/aromatic N) is 1. The van der Waals surface area contributed by atoms with Gasteiger partial charge in [0.2, 0.25) is 5.91 Å². The van der Waals surface area contributed by atoms with E-state index in [-0.39, 0.29) is 25.3 Å². The Morgan fingerprint density at radius 3 is 2.52 bits per heavy atom. The third-order valence-corrected chi connectivity index (χ3v) is 3.37. The Bertz CT molecular complexity index is 446. The maximum atomic E-state index is 11.7. The van der Waals surface area contributed by atoms with Gasteiger partial charge in [0.15, 0.2) is 0 Å². The van der Waals surface area contributed by atoms with E-state index in [0.717, 1.165) is 0 Å². The molecule has 1 saturated heterocycles. The first-order valence-corrected chi connectivity index (χ1v) is 7.77. The van der Waals surface area contributed by atoms with Crippen LogP contribution in [-0.4, -0.2) is 63.9 Å². The minimum absolute atomic E-state index is 0.0238. The molecule has 0 radical (unpaired) electrons. The molecular weight excluding hydrogens is 304 g/mol. The summed E-state index contributed by atoms with van der Waals surface area (Å²) >= 11 is 0. The van der Waals surface area contributed by atoms with Crippen LogP contribution in [0.15, 0.2) is 0 Å². The van der Waals surface area contributed by atoms with Crippen molar-refractivity contribution < 1.29 is 29.3 Å². The quantitative estimate of drug-likeness (QED) is 0.593. The molecule has 0 aromatic heterocycles. The molecule has 0 aliphatic carbocycles. The third kappa shape index (κ3) is 6.85. The van der Waals surface area contributed by atoms with E-state index in [2.05, 4.69) is 5.32 Å². The molecule has 0 bridgehead atoms. The topological polar surface area (TPSA) is 116 Å². The molecule has 3 N–H and O–H groups in total. The first-order chi connectivity index (χ1) is 10.6. The van der Waals surface area contributed by atoms with Crippen molar-refractivity contribution in [3.8, 4) is 0 Å². The average Bonchev–Trinajstić information content (AvgIpc) is 2.70. The van der Waals surface area contributed by atoms with Crippen molar-refractivity contribution in [3.63, 3.8) is 0 Å². The third-order valence-electron chi connectivity index (χ3n) is 3.37. The Balaban J connectivity index is 2.31. The van der Waals surface area contributed by atoms with Crippen molar-refractivity contribution in [1.82, 2.24) is 10.2 Å². The van der Waals surface area contributed by atoms with Crippen LogP contribution in [0.1, 0.15) is 46.5 Å². The number of likely N-dealkylation sites (tertiary alicyclic amines) is 1. The number of rotatable bonds is 7. The average molecular weight is 330 g/mol. The second kappa shape index (κ2) is 8.14. The minimum Gasteiger partial charge on any atom is -0.480 e. The molecule has 132 valence electrons. The number of alkyl carbamates (subject to hydrolysis) is 1. The lowest BCUT2D eigenvalue weighted by molar-refractivity contribution is -0.148. The molecule has 1 heterocycles. The number of ether oxygens (including phenoxy) is 1. The molecular formula is C15H26N2O6. The first kappa shape index (κ1) is 19.2. The van der Waals surface area contributed by atoms with Crippen LogP contribution in [-0.2, 0) is 14.3 Å². The lowest BCUT2D eigenvalue weighted by atomic mass is 10.1. The van der Waals surface area contributed by atoms with Crippen molar-refractivity contribution in [2.24, 2.45) is 0 Å².